The van der Waals surface area contributed by atoms with E-state index in [1.54, 1.807) is 18.9 Å². The van der Waals surface area contributed by atoms with Crippen molar-refractivity contribution in [1.82, 2.24) is 0 Å². The van der Waals surface area contributed by atoms with Gasteiger partial charge in [0.25, 0.3) is 0 Å². The van der Waals surface area contributed by atoms with Crippen molar-refractivity contribution in [3.05, 3.63) is 24.3 Å². The standard InChI is InChI=1S/C13H18O2S/c1-3-11(14)6-5-9-16-13-8-4-7-12(10-13)15-2/h4,7-8,10H,3,5-6,9H2,1-2H3. The van der Waals surface area contributed by atoms with E-state index >= 15 is 0 Å². The van der Waals surface area contributed by atoms with Gasteiger partial charge in [-0.05, 0) is 30.4 Å². The first kappa shape index (κ1) is 13.1. The highest BCUT2D eigenvalue weighted by atomic mass is 32.2. The molecule has 3 heteroatoms. The van der Waals surface area contributed by atoms with Crippen LogP contribution in [0, 0.1) is 0 Å². The second kappa shape index (κ2) is 7.34. The van der Waals surface area contributed by atoms with Crippen molar-refractivity contribution in [3.63, 3.8) is 0 Å². The number of hydrogen-bond acceptors (Lipinski definition) is 3. The van der Waals surface area contributed by atoms with Crippen LogP contribution in [0.15, 0.2) is 29.2 Å². The zero-order valence-electron chi connectivity index (χ0n) is 9.86. The molecule has 0 heterocycles. The van der Waals surface area contributed by atoms with E-state index < -0.39 is 0 Å². The maximum Gasteiger partial charge on any atom is 0.132 e. The maximum absolute atomic E-state index is 11.1. The molecule has 0 aliphatic heterocycles. The van der Waals surface area contributed by atoms with Crippen LogP contribution in [0.25, 0.3) is 0 Å². The Morgan fingerprint density at radius 2 is 2.25 bits per heavy atom. The van der Waals surface area contributed by atoms with Gasteiger partial charge in [0.1, 0.15) is 11.5 Å². The summed E-state index contributed by atoms with van der Waals surface area (Å²) in [5, 5.41) is 0. The maximum atomic E-state index is 11.1. The summed E-state index contributed by atoms with van der Waals surface area (Å²) in [7, 11) is 1.67. The second-order valence-electron chi connectivity index (χ2n) is 3.52. The number of rotatable bonds is 7. The minimum atomic E-state index is 0.353. The molecule has 0 spiro atoms. The quantitative estimate of drug-likeness (QED) is 0.537. The predicted molar refractivity (Wildman–Crippen MR) is 68.3 cm³/mol. The number of hydrogen-bond donors (Lipinski definition) is 0. The van der Waals surface area contributed by atoms with Gasteiger partial charge in [-0.3, -0.25) is 4.79 Å². The predicted octanol–water partition coefficient (Wildman–Crippen LogP) is 3.55. The molecule has 1 aromatic rings. The van der Waals surface area contributed by atoms with Crippen molar-refractivity contribution in [2.24, 2.45) is 0 Å². The summed E-state index contributed by atoms with van der Waals surface area (Å²) in [5.74, 6) is 2.22. The normalized spacial score (nSPS) is 10.1. The number of methoxy groups -OCH3 is 1. The molecule has 0 aliphatic rings. The Morgan fingerprint density at radius 3 is 2.94 bits per heavy atom. The number of carbonyl (C=O) groups is 1. The molecule has 0 aliphatic carbocycles. The first-order chi connectivity index (χ1) is 7.76. The van der Waals surface area contributed by atoms with Gasteiger partial charge in [0.05, 0.1) is 7.11 Å². The van der Waals surface area contributed by atoms with E-state index in [2.05, 4.69) is 6.07 Å². The number of ketones is 1. The molecule has 0 saturated heterocycles. The summed E-state index contributed by atoms with van der Waals surface area (Å²) in [6, 6.07) is 8.00. The van der Waals surface area contributed by atoms with Crippen LogP contribution in [0.1, 0.15) is 26.2 Å². The molecule has 0 atom stereocenters. The SMILES string of the molecule is CCC(=O)CCCSc1cccc(OC)c1. The van der Waals surface area contributed by atoms with Crippen molar-refractivity contribution in [2.45, 2.75) is 31.1 Å². The lowest BCUT2D eigenvalue weighted by Gasteiger charge is -2.03. The van der Waals surface area contributed by atoms with E-state index in [-0.39, 0.29) is 0 Å². The van der Waals surface area contributed by atoms with Gasteiger partial charge in [0, 0.05) is 17.7 Å². The van der Waals surface area contributed by atoms with Crippen molar-refractivity contribution < 1.29 is 9.53 Å². The lowest BCUT2D eigenvalue weighted by atomic mass is 10.2. The molecule has 2 nitrogen and oxygen atoms in total. The van der Waals surface area contributed by atoms with Crippen molar-refractivity contribution in [3.8, 4) is 5.75 Å². The van der Waals surface area contributed by atoms with E-state index in [9.17, 15) is 4.79 Å². The first-order valence-corrected chi connectivity index (χ1v) is 6.53. The fourth-order valence-electron chi connectivity index (χ4n) is 1.33. The number of ether oxygens (including phenoxy) is 1. The Morgan fingerprint density at radius 1 is 1.44 bits per heavy atom. The van der Waals surface area contributed by atoms with Gasteiger partial charge < -0.3 is 4.74 Å². The highest BCUT2D eigenvalue weighted by Gasteiger charge is 2.00. The second-order valence-corrected chi connectivity index (χ2v) is 4.69. The summed E-state index contributed by atoms with van der Waals surface area (Å²) < 4.78 is 5.15. The monoisotopic (exact) mass is 238 g/mol. The number of carbonyl (C=O) groups excluding carboxylic acids is 1. The third-order valence-corrected chi connectivity index (χ3v) is 3.38. The molecule has 0 saturated carbocycles. The molecular formula is C13H18O2S. The van der Waals surface area contributed by atoms with E-state index in [4.69, 9.17) is 4.74 Å². The van der Waals surface area contributed by atoms with Gasteiger partial charge in [-0.25, -0.2) is 0 Å². The average Bonchev–Trinajstić information content (AvgIpc) is 2.34. The number of Topliss-reactive ketones (excluding diaryl/α,β-unsaturated/α-hetero) is 1. The summed E-state index contributed by atoms with van der Waals surface area (Å²) in [6.45, 7) is 1.91. The number of thioether (sulfide) groups is 1. The van der Waals surface area contributed by atoms with E-state index in [1.807, 2.05) is 25.1 Å². The molecule has 1 rings (SSSR count). The zero-order valence-corrected chi connectivity index (χ0v) is 10.7. The third kappa shape index (κ3) is 4.71. The third-order valence-electron chi connectivity index (χ3n) is 2.30. The number of benzene rings is 1. The molecular weight excluding hydrogens is 220 g/mol. The van der Waals surface area contributed by atoms with Crippen LogP contribution < -0.4 is 4.74 Å². The highest BCUT2D eigenvalue weighted by Crippen LogP contribution is 2.23. The molecule has 88 valence electrons. The summed E-state index contributed by atoms with van der Waals surface area (Å²) in [6.07, 6.45) is 2.31. The molecule has 16 heavy (non-hydrogen) atoms. The lowest BCUT2D eigenvalue weighted by Crippen LogP contribution is -1.95. The van der Waals surface area contributed by atoms with Crippen molar-refractivity contribution in [1.29, 1.82) is 0 Å². The van der Waals surface area contributed by atoms with E-state index in [1.165, 1.54) is 4.90 Å². The molecule has 0 bridgehead atoms. The minimum absolute atomic E-state index is 0.353. The van der Waals surface area contributed by atoms with Gasteiger partial charge in [-0.2, -0.15) is 0 Å². The van der Waals surface area contributed by atoms with Crippen LogP contribution in [-0.2, 0) is 4.79 Å². The van der Waals surface area contributed by atoms with Crippen LogP contribution in [0.4, 0.5) is 0 Å². The van der Waals surface area contributed by atoms with Gasteiger partial charge in [-0.15, -0.1) is 11.8 Å². The molecule has 0 unspecified atom stereocenters. The van der Waals surface area contributed by atoms with Gasteiger partial charge >= 0.3 is 0 Å². The Kier molecular flexibility index (Phi) is 6.01. The Balaban J connectivity index is 2.28. The van der Waals surface area contributed by atoms with E-state index in [0.29, 0.717) is 18.6 Å². The van der Waals surface area contributed by atoms with Crippen LogP contribution in [0.2, 0.25) is 0 Å². The first-order valence-electron chi connectivity index (χ1n) is 5.54. The summed E-state index contributed by atoms with van der Waals surface area (Å²) in [5.41, 5.74) is 0. The van der Waals surface area contributed by atoms with Crippen LogP contribution in [-0.4, -0.2) is 18.6 Å². The topological polar surface area (TPSA) is 26.3 Å². The largest absolute Gasteiger partial charge is 0.497 e. The molecule has 0 N–H and O–H groups in total. The Labute approximate surface area is 101 Å². The minimum Gasteiger partial charge on any atom is -0.497 e. The van der Waals surface area contributed by atoms with Crippen LogP contribution in [0.5, 0.6) is 5.75 Å². The van der Waals surface area contributed by atoms with Crippen LogP contribution >= 0.6 is 11.8 Å². The summed E-state index contributed by atoms with van der Waals surface area (Å²) >= 11 is 1.77. The van der Waals surface area contributed by atoms with Crippen molar-refractivity contribution >= 4 is 17.5 Å². The molecule has 1 aromatic carbocycles. The van der Waals surface area contributed by atoms with E-state index in [0.717, 1.165) is 17.9 Å². The smallest absolute Gasteiger partial charge is 0.132 e. The molecule has 0 amide bonds. The zero-order chi connectivity index (χ0) is 11.8. The molecule has 0 radical (unpaired) electrons. The van der Waals surface area contributed by atoms with Crippen LogP contribution in [0.3, 0.4) is 0 Å². The lowest BCUT2D eigenvalue weighted by molar-refractivity contribution is -0.118. The van der Waals surface area contributed by atoms with Gasteiger partial charge in [0.2, 0.25) is 0 Å². The average molecular weight is 238 g/mol. The van der Waals surface area contributed by atoms with Crippen molar-refractivity contribution in [2.75, 3.05) is 12.9 Å². The Bertz CT molecular complexity index is 336. The van der Waals surface area contributed by atoms with Gasteiger partial charge in [-0.1, -0.05) is 13.0 Å². The highest BCUT2D eigenvalue weighted by molar-refractivity contribution is 7.99. The molecule has 0 aromatic heterocycles. The Hall–Kier alpha value is -0.960. The summed E-state index contributed by atoms with van der Waals surface area (Å²) in [4.78, 5) is 12.3. The molecule has 0 fully saturated rings. The fraction of sp³-hybridized carbons (Fsp3) is 0.462. The van der Waals surface area contributed by atoms with Gasteiger partial charge in [0.15, 0.2) is 0 Å². The fourth-order valence-corrected chi connectivity index (χ4v) is 2.23.